The van der Waals surface area contributed by atoms with Gasteiger partial charge in [-0.15, -0.1) is 0 Å². The normalized spacial score (nSPS) is 16.0. The highest BCUT2D eigenvalue weighted by molar-refractivity contribution is 6.45. The van der Waals surface area contributed by atoms with Crippen molar-refractivity contribution in [2.45, 2.75) is 52.7 Å². The molecule has 2 aromatic carbocycles. The third kappa shape index (κ3) is 4.84. The fourth-order valence-electron chi connectivity index (χ4n) is 5.46. The van der Waals surface area contributed by atoms with E-state index in [0.717, 1.165) is 59.0 Å². The molecule has 1 aliphatic rings. The summed E-state index contributed by atoms with van der Waals surface area (Å²) in [5.74, 6) is 0.275. The van der Waals surface area contributed by atoms with Gasteiger partial charge in [0.15, 0.2) is 12.1 Å². The van der Waals surface area contributed by atoms with E-state index >= 15 is 0 Å². The number of fused-ring (bicyclic) bond motifs is 2. The molecule has 4 heterocycles. The van der Waals surface area contributed by atoms with Crippen LogP contribution < -0.4 is 0 Å². The van der Waals surface area contributed by atoms with Gasteiger partial charge in [-0.05, 0) is 86.6 Å². The lowest BCUT2D eigenvalue weighted by Crippen LogP contribution is -2.36. The molecule has 1 saturated heterocycles. The molecule has 39 heavy (non-hydrogen) atoms. The lowest BCUT2D eigenvalue weighted by Gasteiger charge is -2.23. The molecule has 0 aliphatic carbocycles. The van der Waals surface area contributed by atoms with Crippen LogP contribution in [0.25, 0.3) is 44.6 Å². The second-order valence-corrected chi connectivity index (χ2v) is 10.3. The van der Waals surface area contributed by atoms with Crippen molar-refractivity contribution in [1.29, 1.82) is 0 Å². The molecule has 3 aromatic heterocycles. The minimum atomic E-state index is -0.540. The van der Waals surface area contributed by atoms with E-state index in [1.54, 1.807) is 12.9 Å². The molecule has 1 fully saturated rings. The second kappa shape index (κ2) is 10.5. The van der Waals surface area contributed by atoms with Crippen LogP contribution in [-0.2, 0) is 11.3 Å². The summed E-state index contributed by atoms with van der Waals surface area (Å²) in [5, 5.41) is 16.1. The Bertz CT molecular complexity index is 1640. The zero-order valence-corrected chi connectivity index (χ0v) is 22.5. The maximum Gasteiger partial charge on any atom is 0.376 e. The van der Waals surface area contributed by atoms with Crippen molar-refractivity contribution >= 4 is 29.0 Å². The van der Waals surface area contributed by atoms with Crippen molar-refractivity contribution in [2.24, 2.45) is 0 Å². The van der Waals surface area contributed by atoms with E-state index in [1.165, 1.54) is 12.1 Å². The molecular weight excluding hydrogens is 494 g/mol. The number of halogens is 1. The van der Waals surface area contributed by atoms with Crippen LogP contribution in [0, 0.1) is 12.7 Å². The zero-order chi connectivity index (χ0) is 27.1. The van der Waals surface area contributed by atoms with E-state index in [1.807, 2.05) is 28.8 Å². The summed E-state index contributed by atoms with van der Waals surface area (Å²) in [7, 11) is -0.540. The molecule has 2 N–H and O–H groups in total. The van der Waals surface area contributed by atoms with Gasteiger partial charge in [0.25, 0.3) is 0 Å². The van der Waals surface area contributed by atoms with E-state index in [-0.39, 0.29) is 12.0 Å². The summed E-state index contributed by atoms with van der Waals surface area (Å²) >= 11 is 0. The first kappa shape index (κ1) is 25.7. The molecule has 0 amide bonds. The smallest absolute Gasteiger partial charge is 0.376 e. The first-order valence-electron chi connectivity index (χ1n) is 13.6. The molecule has 0 saturated carbocycles. The molecule has 10 heteroatoms. The maximum atomic E-state index is 13.9. The molecule has 1 unspecified atom stereocenters. The fourth-order valence-corrected chi connectivity index (χ4v) is 5.46. The molecule has 0 bridgehead atoms. The minimum Gasteiger partial charge on any atom is -0.437 e. The first-order valence-corrected chi connectivity index (χ1v) is 13.6. The molecule has 200 valence electrons. The van der Waals surface area contributed by atoms with Gasteiger partial charge in [0.2, 0.25) is 0 Å². The second-order valence-electron chi connectivity index (χ2n) is 10.3. The summed E-state index contributed by atoms with van der Waals surface area (Å²) in [6.45, 7) is 7.98. The number of rotatable bonds is 7. The van der Waals surface area contributed by atoms with Crippen LogP contribution in [0.3, 0.4) is 0 Å². The van der Waals surface area contributed by atoms with Gasteiger partial charge in [-0.2, -0.15) is 5.10 Å². The van der Waals surface area contributed by atoms with Gasteiger partial charge in [0, 0.05) is 36.5 Å². The SMILES string of the molecule is CCN(Cc1cncc(-c2ccc3c(c2)c(-c2nc4ccc(F)cc4[nH]2)nn3C2CCCCO2)c1C)B(C)O. The van der Waals surface area contributed by atoms with E-state index in [9.17, 15) is 9.41 Å². The number of hydrogen-bond acceptors (Lipinski definition) is 6. The van der Waals surface area contributed by atoms with Gasteiger partial charge < -0.3 is 19.6 Å². The lowest BCUT2D eigenvalue weighted by atomic mass is 9.84. The van der Waals surface area contributed by atoms with E-state index in [0.29, 0.717) is 35.7 Å². The van der Waals surface area contributed by atoms with E-state index in [4.69, 9.17) is 14.8 Å². The number of nitrogens with zero attached hydrogens (tertiary/aromatic N) is 5. The number of aromatic nitrogens is 5. The van der Waals surface area contributed by atoms with Gasteiger partial charge in [0.05, 0.1) is 16.6 Å². The number of pyridine rings is 1. The number of ether oxygens (including phenoxy) is 1. The third-order valence-corrected chi connectivity index (χ3v) is 7.74. The molecule has 1 atom stereocenters. The van der Waals surface area contributed by atoms with Gasteiger partial charge in [-0.25, -0.2) is 14.1 Å². The highest BCUT2D eigenvalue weighted by atomic mass is 19.1. The summed E-state index contributed by atoms with van der Waals surface area (Å²) in [6, 6.07) is 10.9. The average molecular weight is 526 g/mol. The van der Waals surface area contributed by atoms with Crippen LogP contribution in [0.1, 0.15) is 43.5 Å². The van der Waals surface area contributed by atoms with Crippen LogP contribution in [0.4, 0.5) is 4.39 Å². The average Bonchev–Trinajstić information content (AvgIpc) is 3.53. The highest BCUT2D eigenvalue weighted by Crippen LogP contribution is 2.36. The summed E-state index contributed by atoms with van der Waals surface area (Å²) < 4.78 is 22.0. The highest BCUT2D eigenvalue weighted by Gasteiger charge is 2.24. The number of H-pyrrole nitrogens is 1. The quantitative estimate of drug-likeness (QED) is 0.264. The Labute approximate surface area is 227 Å². The molecular formula is C29H32BFN6O2. The number of hydrogen-bond donors (Lipinski definition) is 2. The van der Waals surface area contributed by atoms with Crippen LogP contribution in [0.5, 0.6) is 0 Å². The number of aromatic amines is 1. The standard InChI is InChI=1S/C29H32BFN6O2/c1-4-36(30(3)38)17-20-15-32-16-23(18(20)2)19-8-11-26-22(13-19)28(35-37(26)27-7-5-6-12-39-27)29-33-24-10-9-21(31)14-25(24)34-29/h8-11,13-16,27,38H,4-7,12,17H2,1-3H3,(H,33,34). The fraction of sp³-hybridized carbons (Fsp3) is 0.345. The zero-order valence-electron chi connectivity index (χ0n) is 22.5. The Kier molecular flexibility index (Phi) is 6.93. The topological polar surface area (TPSA) is 92.1 Å². The van der Waals surface area contributed by atoms with E-state index in [2.05, 4.69) is 35.1 Å². The summed E-state index contributed by atoms with van der Waals surface area (Å²) in [4.78, 5) is 14.6. The number of imidazole rings is 1. The molecule has 0 spiro atoms. The molecule has 6 rings (SSSR count). The van der Waals surface area contributed by atoms with Crippen molar-refractivity contribution in [2.75, 3.05) is 13.2 Å². The minimum absolute atomic E-state index is 0.144. The van der Waals surface area contributed by atoms with Crippen molar-refractivity contribution in [3.63, 3.8) is 0 Å². The maximum absolute atomic E-state index is 13.9. The Morgan fingerprint density at radius 1 is 1.21 bits per heavy atom. The van der Waals surface area contributed by atoms with Gasteiger partial charge in [0.1, 0.15) is 11.5 Å². The Morgan fingerprint density at radius 2 is 2.08 bits per heavy atom. The molecule has 8 nitrogen and oxygen atoms in total. The van der Waals surface area contributed by atoms with Gasteiger partial charge in [-0.3, -0.25) is 4.98 Å². The van der Waals surface area contributed by atoms with Crippen molar-refractivity contribution in [3.8, 4) is 22.6 Å². The van der Waals surface area contributed by atoms with Crippen molar-refractivity contribution in [3.05, 3.63) is 65.7 Å². The Hall–Kier alpha value is -3.60. The van der Waals surface area contributed by atoms with Crippen LogP contribution >= 0.6 is 0 Å². The molecule has 1 aliphatic heterocycles. The predicted molar refractivity (Wildman–Crippen MR) is 152 cm³/mol. The monoisotopic (exact) mass is 526 g/mol. The largest absolute Gasteiger partial charge is 0.437 e. The molecule has 0 radical (unpaired) electrons. The van der Waals surface area contributed by atoms with E-state index < -0.39 is 7.05 Å². The lowest BCUT2D eigenvalue weighted by molar-refractivity contribution is -0.0365. The summed E-state index contributed by atoms with van der Waals surface area (Å²) in [6.07, 6.45) is 6.65. The Balaban J connectivity index is 1.48. The van der Waals surface area contributed by atoms with Crippen LogP contribution in [0.15, 0.2) is 48.8 Å². The molecule has 5 aromatic rings. The number of benzene rings is 2. The van der Waals surface area contributed by atoms with Crippen molar-refractivity contribution in [1.82, 2.24) is 29.5 Å². The Morgan fingerprint density at radius 3 is 2.85 bits per heavy atom. The van der Waals surface area contributed by atoms with Crippen molar-refractivity contribution < 1.29 is 14.2 Å². The number of nitrogens with one attached hydrogen (secondary N) is 1. The predicted octanol–water partition coefficient (Wildman–Crippen LogP) is 5.72. The van der Waals surface area contributed by atoms with Gasteiger partial charge >= 0.3 is 7.05 Å². The van der Waals surface area contributed by atoms with Crippen LogP contribution in [0.2, 0.25) is 6.82 Å². The third-order valence-electron chi connectivity index (χ3n) is 7.74. The summed E-state index contributed by atoms with van der Waals surface area (Å²) in [5.41, 5.74) is 7.20. The first-order chi connectivity index (χ1) is 18.9. The van der Waals surface area contributed by atoms with Crippen LogP contribution in [-0.4, -0.2) is 54.8 Å². The van der Waals surface area contributed by atoms with Gasteiger partial charge in [-0.1, -0.05) is 13.0 Å².